The Labute approximate surface area is 200 Å². The minimum atomic E-state index is -0.627. The van der Waals surface area contributed by atoms with Crippen molar-refractivity contribution >= 4 is 46.9 Å². The van der Waals surface area contributed by atoms with Gasteiger partial charge in [-0.05, 0) is 67.2 Å². The number of esters is 1. The number of para-hydroxylation sites is 2. The van der Waals surface area contributed by atoms with Gasteiger partial charge in [0.2, 0.25) is 0 Å². The van der Waals surface area contributed by atoms with Crippen LogP contribution in [0, 0.1) is 6.92 Å². The minimum absolute atomic E-state index is 0.0434. The van der Waals surface area contributed by atoms with Crippen LogP contribution in [0.1, 0.15) is 21.7 Å². The number of anilines is 1. The lowest BCUT2D eigenvalue weighted by Gasteiger charge is -2.29. The van der Waals surface area contributed by atoms with Crippen LogP contribution in [0.25, 0.3) is 17.4 Å². The van der Waals surface area contributed by atoms with Gasteiger partial charge in [0, 0.05) is 5.56 Å². The molecule has 2 amide bonds. The molecule has 1 aromatic heterocycles. The molecule has 34 heavy (non-hydrogen) atoms. The van der Waals surface area contributed by atoms with Crippen LogP contribution in [0.2, 0.25) is 0 Å². The molecule has 0 spiro atoms. The van der Waals surface area contributed by atoms with Crippen molar-refractivity contribution in [3.05, 3.63) is 77.1 Å². The van der Waals surface area contributed by atoms with Gasteiger partial charge in [-0.1, -0.05) is 18.2 Å². The summed E-state index contributed by atoms with van der Waals surface area (Å²) in [6.07, 6.45) is 1.36. The first-order valence-electron chi connectivity index (χ1n) is 10.2. The molecule has 2 aromatic carbocycles. The molecular formula is C25H20N2O6S. The van der Waals surface area contributed by atoms with E-state index < -0.39 is 17.8 Å². The summed E-state index contributed by atoms with van der Waals surface area (Å²) in [7, 11) is 2.80. The number of amides is 2. The Kier molecular flexibility index (Phi) is 6.29. The first kappa shape index (κ1) is 22.9. The smallest absolute Gasteiger partial charge is 0.337 e. The van der Waals surface area contributed by atoms with Crippen molar-refractivity contribution in [1.29, 1.82) is 0 Å². The van der Waals surface area contributed by atoms with Gasteiger partial charge in [0.15, 0.2) is 5.11 Å². The lowest BCUT2D eigenvalue weighted by molar-refractivity contribution is -0.122. The molecular weight excluding hydrogens is 456 g/mol. The molecule has 0 bridgehead atoms. The Bertz CT molecular complexity index is 1360. The van der Waals surface area contributed by atoms with Gasteiger partial charge in [-0.25, -0.2) is 9.69 Å². The van der Waals surface area contributed by atoms with E-state index in [4.69, 9.17) is 26.1 Å². The second-order valence-electron chi connectivity index (χ2n) is 7.35. The maximum Gasteiger partial charge on any atom is 0.337 e. The van der Waals surface area contributed by atoms with E-state index in [2.05, 4.69) is 5.32 Å². The number of ether oxygens (including phenoxy) is 2. The maximum atomic E-state index is 13.2. The van der Waals surface area contributed by atoms with Crippen molar-refractivity contribution in [2.24, 2.45) is 0 Å². The Morgan fingerprint density at radius 1 is 1.09 bits per heavy atom. The fraction of sp³-hybridized carbons (Fsp3) is 0.120. The van der Waals surface area contributed by atoms with Crippen LogP contribution >= 0.6 is 12.2 Å². The number of hydrogen-bond donors (Lipinski definition) is 1. The first-order valence-corrected chi connectivity index (χ1v) is 10.6. The molecule has 8 nitrogen and oxygen atoms in total. The quantitative estimate of drug-likeness (QED) is 0.258. The zero-order valence-electron chi connectivity index (χ0n) is 18.6. The summed E-state index contributed by atoms with van der Waals surface area (Å²) in [5, 5.41) is 2.49. The van der Waals surface area contributed by atoms with E-state index in [0.717, 1.165) is 11.1 Å². The van der Waals surface area contributed by atoms with Crippen molar-refractivity contribution in [2.75, 3.05) is 19.1 Å². The largest absolute Gasteiger partial charge is 0.495 e. The number of thiocarbonyl (C=S) groups is 1. The highest BCUT2D eigenvalue weighted by Gasteiger charge is 2.36. The fourth-order valence-corrected chi connectivity index (χ4v) is 3.87. The highest BCUT2D eigenvalue weighted by molar-refractivity contribution is 7.80. The molecule has 0 radical (unpaired) electrons. The molecule has 0 aliphatic carbocycles. The van der Waals surface area contributed by atoms with Gasteiger partial charge < -0.3 is 13.9 Å². The summed E-state index contributed by atoms with van der Waals surface area (Å²) in [6, 6.07) is 15.3. The molecule has 2 heterocycles. The summed E-state index contributed by atoms with van der Waals surface area (Å²) in [5.74, 6) is -0.412. The van der Waals surface area contributed by atoms with Crippen LogP contribution in [-0.4, -0.2) is 37.1 Å². The van der Waals surface area contributed by atoms with E-state index >= 15 is 0 Å². The molecule has 1 saturated heterocycles. The third kappa shape index (κ3) is 4.20. The average molecular weight is 477 g/mol. The standard InChI is InChI=1S/C25H20N2O6S/c1-14-12-15(24(30)32-3)8-10-17(14)20-11-9-16(33-20)13-18-22(28)26-25(34)27(23(18)29)19-6-4-5-7-21(19)31-2/h4-13H,1-3H3,(H,26,28,34)/b18-13+. The van der Waals surface area contributed by atoms with Crippen molar-refractivity contribution in [3.63, 3.8) is 0 Å². The summed E-state index contributed by atoms with van der Waals surface area (Å²) < 4.78 is 16.0. The lowest BCUT2D eigenvalue weighted by Crippen LogP contribution is -2.54. The third-order valence-electron chi connectivity index (χ3n) is 5.25. The van der Waals surface area contributed by atoms with Crippen LogP contribution in [0.3, 0.4) is 0 Å². The molecule has 0 saturated carbocycles. The van der Waals surface area contributed by atoms with Gasteiger partial charge >= 0.3 is 5.97 Å². The number of carbonyl (C=O) groups is 3. The lowest BCUT2D eigenvalue weighted by atomic mass is 10.0. The van der Waals surface area contributed by atoms with Crippen LogP contribution in [0.4, 0.5) is 5.69 Å². The van der Waals surface area contributed by atoms with Crippen LogP contribution in [0.5, 0.6) is 5.75 Å². The van der Waals surface area contributed by atoms with Gasteiger partial charge in [-0.3, -0.25) is 14.9 Å². The number of aryl methyl sites for hydroxylation is 1. The van der Waals surface area contributed by atoms with Crippen molar-refractivity contribution in [3.8, 4) is 17.1 Å². The number of methoxy groups -OCH3 is 2. The van der Waals surface area contributed by atoms with E-state index in [-0.39, 0.29) is 10.7 Å². The Morgan fingerprint density at radius 2 is 1.85 bits per heavy atom. The molecule has 3 aromatic rings. The first-order chi connectivity index (χ1) is 16.3. The van der Waals surface area contributed by atoms with Gasteiger partial charge in [0.1, 0.15) is 22.8 Å². The SMILES string of the molecule is COC(=O)c1ccc(-c2ccc(/C=C3\C(=O)NC(=S)N(c4ccccc4OC)C3=O)o2)c(C)c1. The van der Waals surface area contributed by atoms with Crippen molar-refractivity contribution in [2.45, 2.75) is 6.92 Å². The number of carbonyl (C=O) groups excluding carboxylic acids is 3. The molecule has 1 fully saturated rings. The van der Waals surface area contributed by atoms with Crippen LogP contribution in [-0.2, 0) is 14.3 Å². The zero-order valence-corrected chi connectivity index (χ0v) is 19.4. The second kappa shape index (κ2) is 9.32. The van der Waals surface area contributed by atoms with Crippen LogP contribution in [0.15, 0.2) is 64.6 Å². The van der Waals surface area contributed by atoms with Gasteiger partial charge in [0.05, 0.1) is 25.5 Å². The average Bonchev–Trinajstić information content (AvgIpc) is 3.29. The van der Waals surface area contributed by atoms with E-state index in [9.17, 15) is 14.4 Å². The summed E-state index contributed by atoms with van der Waals surface area (Å²) >= 11 is 5.24. The van der Waals surface area contributed by atoms with E-state index in [1.54, 1.807) is 54.6 Å². The minimum Gasteiger partial charge on any atom is -0.495 e. The molecule has 4 rings (SSSR count). The second-order valence-corrected chi connectivity index (χ2v) is 7.74. The fourth-order valence-electron chi connectivity index (χ4n) is 3.59. The van der Waals surface area contributed by atoms with E-state index in [1.165, 1.54) is 25.2 Å². The zero-order chi connectivity index (χ0) is 24.4. The van der Waals surface area contributed by atoms with Crippen LogP contribution < -0.4 is 15.0 Å². The van der Waals surface area contributed by atoms with E-state index in [0.29, 0.717) is 28.5 Å². The number of rotatable bonds is 5. The van der Waals surface area contributed by atoms with Crippen molar-refractivity contribution < 1.29 is 28.3 Å². The number of nitrogens with one attached hydrogen (secondary N) is 1. The predicted octanol–water partition coefficient (Wildman–Crippen LogP) is 3.88. The Morgan fingerprint density at radius 3 is 2.56 bits per heavy atom. The van der Waals surface area contributed by atoms with Gasteiger partial charge in [-0.15, -0.1) is 0 Å². The van der Waals surface area contributed by atoms with E-state index in [1.807, 2.05) is 6.92 Å². The Balaban J connectivity index is 1.67. The highest BCUT2D eigenvalue weighted by atomic mass is 32.1. The maximum absolute atomic E-state index is 13.2. The molecule has 1 N–H and O–H groups in total. The predicted molar refractivity (Wildman–Crippen MR) is 129 cm³/mol. The van der Waals surface area contributed by atoms with Crippen molar-refractivity contribution in [1.82, 2.24) is 5.32 Å². The molecule has 172 valence electrons. The molecule has 1 aliphatic heterocycles. The number of hydrogen-bond acceptors (Lipinski definition) is 7. The number of benzene rings is 2. The Hall–Kier alpha value is -4.24. The topological polar surface area (TPSA) is 98.1 Å². The summed E-state index contributed by atoms with van der Waals surface area (Å²) in [6.45, 7) is 1.84. The third-order valence-corrected chi connectivity index (χ3v) is 5.54. The summed E-state index contributed by atoms with van der Waals surface area (Å²) in [4.78, 5) is 38.8. The van der Waals surface area contributed by atoms with Gasteiger partial charge in [0.25, 0.3) is 11.8 Å². The monoisotopic (exact) mass is 476 g/mol. The van der Waals surface area contributed by atoms with Gasteiger partial charge in [-0.2, -0.15) is 0 Å². The highest BCUT2D eigenvalue weighted by Crippen LogP contribution is 2.32. The normalized spacial score (nSPS) is 14.9. The number of furan rings is 1. The molecule has 0 atom stereocenters. The number of nitrogens with zero attached hydrogens (tertiary/aromatic N) is 1. The summed E-state index contributed by atoms with van der Waals surface area (Å²) in [5.41, 5.74) is 2.25. The molecule has 0 unspecified atom stereocenters. The molecule has 1 aliphatic rings. The molecule has 9 heteroatoms.